The van der Waals surface area contributed by atoms with Crippen LogP contribution in [0.25, 0.3) is 0 Å². The summed E-state index contributed by atoms with van der Waals surface area (Å²) in [5.41, 5.74) is 4.07. The van der Waals surface area contributed by atoms with E-state index < -0.39 is 5.97 Å². The van der Waals surface area contributed by atoms with Crippen LogP contribution in [-0.2, 0) is 22.4 Å². The molecule has 1 heterocycles. The molecule has 0 unspecified atom stereocenters. The van der Waals surface area contributed by atoms with Crippen LogP contribution in [0.15, 0.2) is 28.6 Å². The second-order valence-corrected chi connectivity index (χ2v) is 9.04. The summed E-state index contributed by atoms with van der Waals surface area (Å²) in [6.07, 6.45) is 5.11. The summed E-state index contributed by atoms with van der Waals surface area (Å²) in [6, 6.07) is 3.34. The highest BCUT2D eigenvalue weighted by Crippen LogP contribution is 2.37. The van der Waals surface area contributed by atoms with Gasteiger partial charge in [0.1, 0.15) is 11.5 Å². The van der Waals surface area contributed by atoms with Crippen LogP contribution >= 0.6 is 24.0 Å². The van der Waals surface area contributed by atoms with Crippen LogP contribution < -0.4 is 15.0 Å². The number of hydrogen-bond donors (Lipinski definition) is 2. The van der Waals surface area contributed by atoms with Crippen LogP contribution in [-0.4, -0.2) is 32.1 Å². The Labute approximate surface area is 189 Å². The van der Waals surface area contributed by atoms with E-state index in [1.807, 2.05) is 6.92 Å². The van der Waals surface area contributed by atoms with Crippen LogP contribution in [0.3, 0.4) is 0 Å². The van der Waals surface area contributed by atoms with E-state index in [1.165, 1.54) is 31.2 Å². The second-order valence-electron chi connectivity index (χ2n) is 7.27. The van der Waals surface area contributed by atoms with Crippen molar-refractivity contribution in [3.8, 4) is 11.5 Å². The summed E-state index contributed by atoms with van der Waals surface area (Å²) in [5, 5.41) is 5.34. The van der Waals surface area contributed by atoms with Gasteiger partial charge in [-0.2, -0.15) is 0 Å². The Kier molecular flexibility index (Phi) is 7.50. The number of carbonyl (C=O) groups is 2. The Balaban J connectivity index is 1.64. The summed E-state index contributed by atoms with van der Waals surface area (Å²) < 4.78 is 11.3. The smallest absolute Gasteiger partial charge is 0.308 e. The number of ether oxygens (including phenoxy) is 2. The molecule has 0 spiro atoms. The maximum Gasteiger partial charge on any atom is 0.308 e. The van der Waals surface area contributed by atoms with Crippen LogP contribution in [0.5, 0.6) is 11.5 Å². The normalized spacial score (nSPS) is 12.7. The van der Waals surface area contributed by atoms with Crippen molar-refractivity contribution in [3.63, 3.8) is 0 Å². The van der Waals surface area contributed by atoms with Crippen LogP contribution in [0.1, 0.15) is 49.1 Å². The molecule has 164 valence electrons. The number of nitrogens with one attached hydrogen (secondary N) is 2. The van der Waals surface area contributed by atoms with Gasteiger partial charge in [0.15, 0.2) is 0 Å². The minimum atomic E-state index is -0.390. The third-order valence-electron chi connectivity index (χ3n) is 4.90. The Morgan fingerprint density at radius 2 is 1.74 bits per heavy atom. The first-order valence-electron chi connectivity index (χ1n) is 9.90. The molecule has 1 aromatic heterocycles. The maximum absolute atomic E-state index is 11.8. The number of aromatic amines is 2. The highest BCUT2D eigenvalue weighted by atomic mass is 32.2. The van der Waals surface area contributed by atoms with Gasteiger partial charge in [0.25, 0.3) is 5.56 Å². The number of esters is 2. The van der Waals surface area contributed by atoms with Crippen molar-refractivity contribution in [2.45, 2.75) is 46.5 Å². The molecule has 0 saturated heterocycles. The first-order chi connectivity index (χ1) is 14.8. The number of hydrogen-bond acceptors (Lipinski definition) is 7. The zero-order chi connectivity index (χ0) is 22.5. The van der Waals surface area contributed by atoms with Gasteiger partial charge in [0.05, 0.1) is 9.76 Å². The number of fused-ring (bicyclic) bond motifs is 1. The number of benzene rings is 1. The van der Waals surface area contributed by atoms with Crippen molar-refractivity contribution in [2.24, 2.45) is 0 Å². The summed E-state index contributed by atoms with van der Waals surface area (Å²) in [5.74, 6) is 1.01. The lowest BCUT2D eigenvalue weighted by Gasteiger charge is -2.22. The van der Waals surface area contributed by atoms with Crippen molar-refractivity contribution in [1.29, 1.82) is 0 Å². The monoisotopic (exact) mass is 460 g/mol. The quantitative estimate of drug-likeness (QED) is 0.213. The molecular weight excluding hydrogens is 436 g/mol. The van der Waals surface area contributed by atoms with E-state index in [-0.39, 0.29) is 11.5 Å². The molecule has 0 aliphatic heterocycles. The van der Waals surface area contributed by atoms with Gasteiger partial charge in [0.2, 0.25) is 0 Å². The Hall–Kier alpha value is -2.65. The summed E-state index contributed by atoms with van der Waals surface area (Å²) in [4.78, 5) is 34.7. The Morgan fingerprint density at radius 3 is 2.32 bits per heavy atom. The van der Waals surface area contributed by atoms with Gasteiger partial charge in [-0.05, 0) is 50.5 Å². The molecule has 31 heavy (non-hydrogen) atoms. The summed E-state index contributed by atoms with van der Waals surface area (Å²) >= 11 is 6.89. The van der Waals surface area contributed by atoms with E-state index in [0.717, 1.165) is 35.4 Å². The molecule has 0 amide bonds. The van der Waals surface area contributed by atoms with Gasteiger partial charge >= 0.3 is 11.9 Å². The van der Waals surface area contributed by atoms with E-state index in [1.54, 1.807) is 12.1 Å². The fourth-order valence-corrected chi connectivity index (χ4v) is 4.89. The van der Waals surface area contributed by atoms with Gasteiger partial charge in [0, 0.05) is 30.7 Å². The van der Waals surface area contributed by atoms with Gasteiger partial charge in [-0.25, -0.2) is 0 Å². The third-order valence-corrected chi connectivity index (χ3v) is 6.41. The number of thioether (sulfide) groups is 1. The van der Waals surface area contributed by atoms with Crippen molar-refractivity contribution in [3.05, 3.63) is 56.5 Å². The lowest BCUT2D eigenvalue weighted by atomic mass is 9.88. The largest absolute Gasteiger partial charge is 0.426 e. The standard InChI is InChI=1S/C22H24N2O5S2/c1-12-20(21(27)24-23-12)22(30)31-10-4-5-15-6-7-16-17(11-15)19(29-14(3)26)9-8-18(16)28-13(2)25/h6,8-9H,4-5,7,10-11H2,1-3H3,(H2,23,24,27). The first-order valence-corrected chi connectivity index (χ1v) is 11.3. The second kappa shape index (κ2) is 10.1. The topological polar surface area (TPSA) is 101 Å². The molecule has 7 nitrogen and oxygen atoms in total. The highest BCUT2D eigenvalue weighted by molar-refractivity contribution is 8.23. The molecule has 9 heteroatoms. The number of aromatic nitrogens is 2. The maximum atomic E-state index is 11.8. The molecule has 0 bridgehead atoms. The van der Waals surface area contributed by atoms with Crippen molar-refractivity contribution >= 4 is 40.1 Å². The predicted octanol–water partition coefficient (Wildman–Crippen LogP) is 3.78. The third kappa shape index (κ3) is 5.74. The number of carbonyl (C=O) groups excluding carboxylic acids is 2. The molecule has 0 atom stereocenters. The SMILES string of the molecule is CC(=O)Oc1ccc(OC(C)=O)c2c1CC=C(CCCSC(=S)c1c(C)[nH][nH]c1=O)C2. The summed E-state index contributed by atoms with van der Waals surface area (Å²) in [7, 11) is 0. The minimum absolute atomic E-state index is 0.191. The number of allylic oxidation sites excluding steroid dienone is 2. The van der Waals surface area contributed by atoms with Gasteiger partial charge in [-0.1, -0.05) is 23.9 Å². The minimum Gasteiger partial charge on any atom is -0.426 e. The molecule has 3 rings (SSSR count). The van der Waals surface area contributed by atoms with Crippen LogP contribution in [0.2, 0.25) is 0 Å². The average molecular weight is 461 g/mol. The first kappa shape index (κ1) is 23.0. The lowest BCUT2D eigenvalue weighted by Crippen LogP contribution is -2.13. The molecule has 0 saturated carbocycles. The van der Waals surface area contributed by atoms with Crippen LogP contribution in [0.4, 0.5) is 0 Å². The van der Waals surface area contributed by atoms with Crippen molar-refractivity contribution in [1.82, 2.24) is 10.2 Å². The molecule has 2 N–H and O–H groups in total. The molecule has 1 aromatic carbocycles. The lowest BCUT2D eigenvalue weighted by molar-refractivity contribution is -0.133. The molecule has 1 aliphatic rings. The van der Waals surface area contributed by atoms with E-state index in [4.69, 9.17) is 21.7 Å². The van der Waals surface area contributed by atoms with Crippen LogP contribution in [0, 0.1) is 6.92 Å². The Bertz CT molecular complexity index is 1110. The Morgan fingerprint density at radius 1 is 1.10 bits per heavy atom. The van der Waals surface area contributed by atoms with E-state index in [2.05, 4.69) is 16.3 Å². The summed E-state index contributed by atoms with van der Waals surface area (Å²) in [6.45, 7) is 4.54. The average Bonchev–Trinajstić information content (AvgIpc) is 3.04. The highest BCUT2D eigenvalue weighted by Gasteiger charge is 2.21. The van der Waals surface area contributed by atoms with Gasteiger partial charge in [-0.3, -0.25) is 19.5 Å². The van der Waals surface area contributed by atoms with Gasteiger partial charge < -0.3 is 14.6 Å². The predicted molar refractivity (Wildman–Crippen MR) is 124 cm³/mol. The number of aryl methyl sites for hydroxylation is 1. The molecular formula is C22H24N2O5S2. The fourth-order valence-electron chi connectivity index (χ4n) is 3.53. The molecule has 1 aliphatic carbocycles. The molecule has 0 fully saturated rings. The fraction of sp³-hybridized carbons (Fsp3) is 0.364. The number of thiocarbonyl (C=S) groups is 1. The number of rotatable bonds is 7. The molecule has 2 aromatic rings. The zero-order valence-electron chi connectivity index (χ0n) is 17.6. The zero-order valence-corrected chi connectivity index (χ0v) is 19.3. The van der Waals surface area contributed by atoms with Gasteiger partial charge in [-0.15, -0.1) is 11.8 Å². The van der Waals surface area contributed by atoms with Crippen molar-refractivity contribution < 1.29 is 19.1 Å². The van der Waals surface area contributed by atoms with Crippen molar-refractivity contribution in [2.75, 3.05) is 5.75 Å². The van der Waals surface area contributed by atoms with E-state index in [9.17, 15) is 14.4 Å². The van der Waals surface area contributed by atoms with E-state index >= 15 is 0 Å². The molecule has 0 radical (unpaired) electrons. The van der Waals surface area contributed by atoms with E-state index in [0.29, 0.717) is 34.1 Å². The number of H-pyrrole nitrogens is 2.